The molecule has 0 radical (unpaired) electrons. The topological polar surface area (TPSA) is 76.1 Å². The molecule has 182 valence electrons. The van der Waals surface area contributed by atoms with Gasteiger partial charge in [-0.1, -0.05) is 36.5 Å². The smallest absolute Gasteiger partial charge is 0.311 e. The van der Waals surface area contributed by atoms with Gasteiger partial charge < -0.3 is 19.5 Å². The van der Waals surface area contributed by atoms with Crippen molar-refractivity contribution in [2.24, 2.45) is 0 Å². The number of hydrogen-bond acceptors (Lipinski definition) is 4. The number of rotatable bonds is 8. The average molecular weight is 514 g/mol. The molecular weight excluding hydrogens is 489 g/mol. The molecule has 35 heavy (non-hydrogen) atoms. The summed E-state index contributed by atoms with van der Waals surface area (Å²) in [5.74, 6) is -0.406. The Morgan fingerprint density at radius 3 is 2.46 bits per heavy atom. The lowest BCUT2D eigenvalue weighted by atomic mass is 9.93. The lowest BCUT2D eigenvalue weighted by Crippen LogP contribution is -2.31. The Morgan fingerprint density at radius 1 is 1.09 bits per heavy atom. The maximum absolute atomic E-state index is 13.3. The van der Waals surface area contributed by atoms with Crippen molar-refractivity contribution in [1.82, 2.24) is 0 Å². The molecule has 0 aliphatic carbocycles. The van der Waals surface area contributed by atoms with E-state index in [1.807, 2.05) is 12.1 Å². The maximum atomic E-state index is 13.3. The first kappa shape index (κ1) is 24.9. The van der Waals surface area contributed by atoms with Crippen LogP contribution in [0, 0.1) is 0 Å². The predicted molar refractivity (Wildman–Crippen MR) is 136 cm³/mol. The first-order chi connectivity index (χ1) is 16.9. The Morgan fingerprint density at radius 2 is 1.80 bits per heavy atom. The normalized spacial score (nSPS) is 14.5. The number of halogens is 2. The van der Waals surface area contributed by atoms with Crippen molar-refractivity contribution in [2.75, 3.05) is 18.1 Å². The van der Waals surface area contributed by atoms with Crippen LogP contribution in [-0.4, -0.2) is 30.1 Å². The van der Waals surface area contributed by atoms with E-state index in [1.165, 1.54) is 0 Å². The molecule has 8 heteroatoms. The predicted octanol–water partition coefficient (Wildman–Crippen LogP) is 7.18. The number of benzene rings is 3. The largest absolute Gasteiger partial charge is 0.493 e. The molecule has 3 aromatic rings. The molecule has 1 heterocycles. The molecule has 0 fully saturated rings. The average Bonchev–Trinajstić information content (AvgIpc) is 2.85. The number of hydrogen-bond donors (Lipinski definition) is 1. The molecule has 0 saturated heterocycles. The highest BCUT2D eigenvalue weighted by molar-refractivity contribution is 6.32. The number of amides is 1. The zero-order valence-corrected chi connectivity index (χ0v) is 20.7. The summed E-state index contributed by atoms with van der Waals surface area (Å²) in [7, 11) is 0. The minimum atomic E-state index is -0.911. The van der Waals surface area contributed by atoms with Gasteiger partial charge in [0.2, 0.25) is 0 Å². The van der Waals surface area contributed by atoms with Crippen LogP contribution in [0.25, 0.3) is 0 Å². The number of carboxylic acid groups (broad SMARTS) is 1. The second-order valence-electron chi connectivity index (χ2n) is 8.26. The number of ether oxygens (including phenoxy) is 2. The van der Waals surface area contributed by atoms with Crippen LogP contribution in [-0.2, 0) is 4.79 Å². The molecule has 0 spiro atoms. The van der Waals surface area contributed by atoms with E-state index in [-0.39, 0.29) is 10.9 Å². The third-order valence-electron chi connectivity index (χ3n) is 5.85. The summed E-state index contributed by atoms with van der Waals surface area (Å²) in [6, 6.07) is 17.2. The van der Waals surface area contributed by atoms with Crippen molar-refractivity contribution < 1.29 is 24.2 Å². The van der Waals surface area contributed by atoms with E-state index in [0.29, 0.717) is 53.0 Å². The minimum absolute atomic E-state index is 0.118. The fraction of sp³-hybridized carbons (Fsp3) is 0.259. The second kappa shape index (κ2) is 11.0. The Labute approximate surface area is 214 Å². The quantitative estimate of drug-likeness (QED) is 0.345. The Kier molecular flexibility index (Phi) is 7.83. The number of carbonyl (C=O) groups is 2. The lowest BCUT2D eigenvalue weighted by molar-refractivity contribution is -0.139. The Balaban J connectivity index is 1.53. The molecule has 1 atom stereocenters. The summed E-state index contributed by atoms with van der Waals surface area (Å²) in [5, 5.41) is 10.4. The lowest BCUT2D eigenvalue weighted by Gasteiger charge is -2.24. The van der Waals surface area contributed by atoms with Crippen molar-refractivity contribution in [3.8, 4) is 17.2 Å². The fourth-order valence-electron chi connectivity index (χ4n) is 3.96. The Hall–Kier alpha value is -3.22. The van der Waals surface area contributed by atoms with Crippen molar-refractivity contribution >= 4 is 40.8 Å². The highest BCUT2D eigenvalue weighted by Gasteiger charge is 2.29. The molecule has 1 N–H and O–H groups in total. The minimum Gasteiger partial charge on any atom is -0.493 e. The summed E-state index contributed by atoms with van der Waals surface area (Å²) in [4.78, 5) is 26.6. The van der Waals surface area contributed by atoms with E-state index in [1.54, 1.807) is 53.4 Å². The van der Waals surface area contributed by atoms with Crippen LogP contribution < -0.4 is 14.4 Å². The monoisotopic (exact) mass is 513 g/mol. The van der Waals surface area contributed by atoms with Crippen molar-refractivity contribution in [2.45, 2.75) is 32.1 Å². The molecule has 1 amide bonds. The van der Waals surface area contributed by atoms with Gasteiger partial charge >= 0.3 is 5.97 Å². The highest BCUT2D eigenvalue weighted by Crippen LogP contribution is 2.41. The second-order valence-corrected chi connectivity index (χ2v) is 9.11. The third-order valence-corrected chi connectivity index (χ3v) is 6.40. The van der Waals surface area contributed by atoms with Gasteiger partial charge in [-0.3, -0.25) is 9.59 Å². The van der Waals surface area contributed by atoms with Gasteiger partial charge in [0.15, 0.2) is 0 Å². The van der Waals surface area contributed by atoms with Gasteiger partial charge in [0.25, 0.3) is 5.91 Å². The van der Waals surface area contributed by atoms with E-state index in [4.69, 9.17) is 32.7 Å². The van der Waals surface area contributed by atoms with Crippen molar-refractivity contribution in [3.05, 3.63) is 81.8 Å². The summed E-state index contributed by atoms with van der Waals surface area (Å²) in [6.07, 6.45) is 2.22. The van der Waals surface area contributed by atoms with E-state index in [9.17, 15) is 14.7 Å². The SMILES string of the molecule is CCCCN(C(=O)c1ccc(Oc2cc3c(cc2Cl)C(C(=O)O)CCO3)cc1)c1ccc(Cl)cc1. The number of carbonyl (C=O) groups excluding carboxylic acids is 1. The molecule has 1 aliphatic rings. The number of aliphatic carboxylic acids is 1. The van der Waals surface area contributed by atoms with Crippen LogP contribution in [0.4, 0.5) is 5.69 Å². The molecule has 1 unspecified atom stereocenters. The number of carboxylic acids is 1. The third kappa shape index (κ3) is 5.72. The zero-order chi connectivity index (χ0) is 24.9. The first-order valence-electron chi connectivity index (χ1n) is 11.4. The molecule has 3 aromatic carbocycles. The van der Waals surface area contributed by atoms with Crippen LogP contribution in [0.15, 0.2) is 60.7 Å². The number of nitrogens with zero attached hydrogens (tertiary/aromatic N) is 1. The Bertz CT molecular complexity index is 1210. The summed E-state index contributed by atoms with van der Waals surface area (Å²) >= 11 is 12.4. The molecule has 4 rings (SSSR count). The van der Waals surface area contributed by atoms with Crippen LogP contribution in [0.3, 0.4) is 0 Å². The van der Waals surface area contributed by atoms with Gasteiger partial charge in [-0.15, -0.1) is 0 Å². The number of fused-ring (bicyclic) bond motifs is 1. The number of anilines is 1. The van der Waals surface area contributed by atoms with Crippen LogP contribution >= 0.6 is 23.2 Å². The molecule has 6 nitrogen and oxygen atoms in total. The van der Waals surface area contributed by atoms with E-state index in [0.717, 1.165) is 18.5 Å². The van der Waals surface area contributed by atoms with Crippen molar-refractivity contribution in [3.63, 3.8) is 0 Å². The maximum Gasteiger partial charge on any atom is 0.311 e. The van der Waals surface area contributed by atoms with Gasteiger partial charge in [0, 0.05) is 34.4 Å². The fourth-order valence-corrected chi connectivity index (χ4v) is 4.29. The summed E-state index contributed by atoms with van der Waals surface area (Å²) in [5.41, 5.74) is 1.85. The molecule has 0 aromatic heterocycles. The molecule has 0 saturated carbocycles. The zero-order valence-electron chi connectivity index (χ0n) is 19.2. The van der Waals surface area contributed by atoms with E-state index >= 15 is 0 Å². The van der Waals surface area contributed by atoms with Crippen LogP contribution in [0.5, 0.6) is 17.2 Å². The van der Waals surface area contributed by atoms with Gasteiger partial charge in [0.05, 0.1) is 17.5 Å². The standard InChI is InChI=1S/C27H25Cl2NO5/c1-2-3-13-30(19-8-6-18(28)7-9-19)26(31)17-4-10-20(11-5-17)35-25-16-24-22(15-23(25)29)21(27(32)33)12-14-34-24/h4-11,15-16,21H,2-3,12-14H2,1H3,(H,32,33). The highest BCUT2D eigenvalue weighted by atomic mass is 35.5. The van der Waals surface area contributed by atoms with Gasteiger partial charge in [0.1, 0.15) is 17.2 Å². The first-order valence-corrected chi connectivity index (χ1v) is 12.2. The van der Waals surface area contributed by atoms with Gasteiger partial charge in [-0.05, 0) is 67.4 Å². The summed E-state index contributed by atoms with van der Waals surface area (Å²) in [6.45, 7) is 2.98. The molecule has 0 bridgehead atoms. The van der Waals surface area contributed by atoms with E-state index < -0.39 is 11.9 Å². The number of unbranched alkanes of at least 4 members (excludes halogenated alkanes) is 1. The van der Waals surface area contributed by atoms with Crippen LogP contribution in [0.2, 0.25) is 10.0 Å². The van der Waals surface area contributed by atoms with Gasteiger partial charge in [-0.25, -0.2) is 0 Å². The molecule has 1 aliphatic heterocycles. The van der Waals surface area contributed by atoms with Gasteiger partial charge in [-0.2, -0.15) is 0 Å². The summed E-state index contributed by atoms with van der Waals surface area (Å²) < 4.78 is 11.6. The van der Waals surface area contributed by atoms with Crippen molar-refractivity contribution in [1.29, 1.82) is 0 Å². The van der Waals surface area contributed by atoms with Crippen LogP contribution in [0.1, 0.15) is 48.0 Å². The van der Waals surface area contributed by atoms with E-state index in [2.05, 4.69) is 6.92 Å². The molecular formula is C27H25Cl2NO5.